The lowest BCUT2D eigenvalue weighted by Crippen LogP contribution is -2.46. The minimum atomic E-state index is -0.643. The van der Waals surface area contributed by atoms with Gasteiger partial charge in [-0.2, -0.15) is 5.10 Å². The molecule has 0 atom stereocenters. The van der Waals surface area contributed by atoms with Crippen LogP contribution in [0.5, 0.6) is 0 Å². The Kier molecular flexibility index (Phi) is 7.82. The molecule has 1 amide bonds. The Hall–Kier alpha value is -1.67. The van der Waals surface area contributed by atoms with Gasteiger partial charge < -0.3 is 15.8 Å². The van der Waals surface area contributed by atoms with Crippen molar-refractivity contribution in [2.75, 3.05) is 25.1 Å². The van der Waals surface area contributed by atoms with Crippen molar-refractivity contribution in [3.8, 4) is 5.69 Å². The van der Waals surface area contributed by atoms with E-state index in [1.165, 1.54) is 10.7 Å². The minimum absolute atomic E-state index is 0. The number of hydrogen-bond acceptors (Lipinski definition) is 4. The van der Waals surface area contributed by atoms with Crippen LogP contribution in [0, 0.1) is 11.2 Å². The van der Waals surface area contributed by atoms with E-state index in [4.69, 9.17) is 10.5 Å². The van der Waals surface area contributed by atoms with Gasteiger partial charge in [0.2, 0.25) is 5.91 Å². The van der Waals surface area contributed by atoms with Crippen molar-refractivity contribution < 1.29 is 13.9 Å². The smallest absolute Gasteiger partial charge is 0.232 e. The molecule has 9 heteroatoms. The van der Waals surface area contributed by atoms with Crippen LogP contribution in [0.4, 0.5) is 10.1 Å². The van der Waals surface area contributed by atoms with Gasteiger partial charge in [-0.1, -0.05) is 0 Å². The molecule has 25 heavy (non-hydrogen) atoms. The molecular formula is C16H21Cl2FN4O2. The second kappa shape index (κ2) is 9.15. The molecule has 1 aromatic heterocycles. The van der Waals surface area contributed by atoms with Crippen LogP contribution in [0.15, 0.2) is 36.7 Å². The van der Waals surface area contributed by atoms with Crippen molar-refractivity contribution >= 4 is 36.4 Å². The Morgan fingerprint density at radius 2 is 2.08 bits per heavy atom. The molecule has 0 aliphatic carbocycles. The van der Waals surface area contributed by atoms with Crippen LogP contribution >= 0.6 is 24.8 Å². The largest absolute Gasteiger partial charge is 0.381 e. The van der Waals surface area contributed by atoms with Crippen molar-refractivity contribution in [2.45, 2.75) is 12.8 Å². The molecule has 1 saturated heterocycles. The maximum absolute atomic E-state index is 14.2. The Morgan fingerprint density at radius 3 is 2.64 bits per heavy atom. The maximum Gasteiger partial charge on any atom is 0.232 e. The van der Waals surface area contributed by atoms with Gasteiger partial charge in [0, 0.05) is 37.8 Å². The van der Waals surface area contributed by atoms with Crippen molar-refractivity contribution in [1.29, 1.82) is 0 Å². The Bertz CT molecular complexity index is 691. The number of anilines is 1. The third kappa shape index (κ3) is 4.49. The maximum atomic E-state index is 14.2. The quantitative estimate of drug-likeness (QED) is 0.840. The summed E-state index contributed by atoms with van der Waals surface area (Å²) in [6.07, 6.45) is 4.37. The number of nitrogens with one attached hydrogen (secondary N) is 1. The summed E-state index contributed by atoms with van der Waals surface area (Å²) >= 11 is 0. The standard InChI is InChI=1S/C16H19FN4O2.2ClH/c17-13-10-12(2-3-14(13)21-7-1-6-19-21)20-15(22)16(11-18)4-8-23-9-5-16;;/h1-3,6-7,10H,4-5,8-9,11,18H2,(H,20,22);2*1H. The third-order valence-electron chi connectivity index (χ3n) is 4.28. The highest BCUT2D eigenvalue weighted by Crippen LogP contribution is 2.31. The minimum Gasteiger partial charge on any atom is -0.381 e. The summed E-state index contributed by atoms with van der Waals surface area (Å²) in [5.41, 5.74) is 5.90. The Balaban J connectivity index is 0.00000156. The normalized spacial score (nSPS) is 15.6. The van der Waals surface area contributed by atoms with E-state index in [0.717, 1.165) is 0 Å². The fourth-order valence-electron chi connectivity index (χ4n) is 2.73. The lowest BCUT2D eigenvalue weighted by molar-refractivity contribution is -0.130. The van der Waals surface area contributed by atoms with Gasteiger partial charge in [-0.15, -0.1) is 24.8 Å². The monoisotopic (exact) mass is 390 g/mol. The Labute approximate surface area is 157 Å². The predicted molar refractivity (Wildman–Crippen MR) is 98.2 cm³/mol. The van der Waals surface area contributed by atoms with Gasteiger partial charge in [-0.25, -0.2) is 9.07 Å². The molecule has 1 fully saturated rings. The van der Waals surface area contributed by atoms with Crippen LogP contribution in [0.3, 0.4) is 0 Å². The topological polar surface area (TPSA) is 82.2 Å². The predicted octanol–water partition coefficient (Wildman–Crippen LogP) is 2.55. The fraction of sp³-hybridized carbons (Fsp3) is 0.375. The van der Waals surface area contributed by atoms with E-state index in [1.807, 2.05) is 0 Å². The number of ether oxygens (including phenoxy) is 1. The molecule has 1 aliphatic rings. The van der Waals surface area contributed by atoms with Crippen LogP contribution < -0.4 is 11.1 Å². The summed E-state index contributed by atoms with van der Waals surface area (Å²) in [4.78, 5) is 12.6. The van der Waals surface area contributed by atoms with Gasteiger partial charge in [-0.3, -0.25) is 4.79 Å². The molecule has 0 spiro atoms. The molecule has 6 nitrogen and oxygen atoms in total. The highest BCUT2D eigenvalue weighted by molar-refractivity contribution is 5.95. The molecule has 2 aromatic rings. The van der Waals surface area contributed by atoms with E-state index in [-0.39, 0.29) is 37.3 Å². The first-order valence-corrected chi connectivity index (χ1v) is 7.53. The van der Waals surface area contributed by atoms with Crippen molar-refractivity contribution in [3.63, 3.8) is 0 Å². The summed E-state index contributed by atoms with van der Waals surface area (Å²) in [7, 11) is 0. The number of carbonyl (C=O) groups is 1. The van der Waals surface area contributed by atoms with E-state index in [1.54, 1.807) is 30.6 Å². The van der Waals surface area contributed by atoms with Crippen molar-refractivity contribution in [2.24, 2.45) is 11.1 Å². The summed E-state index contributed by atoms with van der Waals surface area (Å²) in [6, 6.07) is 6.24. The fourth-order valence-corrected chi connectivity index (χ4v) is 2.73. The first-order chi connectivity index (χ1) is 11.1. The first-order valence-electron chi connectivity index (χ1n) is 7.53. The number of benzene rings is 1. The molecule has 2 heterocycles. The first kappa shape index (κ1) is 21.4. The van der Waals surface area contributed by atoms with Gasteiger partial charge >= 0.3 is 0 Å². The van der Waals surface area contributed by atoms with Gasteiger partial charge in [0.05, 0.1) is 5.41 Å². The number of amides is 1. The number of halogens is 3. The van der Waals surface area contributed by atoms with E-state index in [9.17, 15) is 9.18 Å². The second-order valence-electron chi connectivity index (χ2n) is 5.67. The molecule has 0 radical (unpaired) electrons. The Morgan fingerprint density at radius 1 is 1.36 bits per heavy atom. The number of carbonyl (C=O) groups excluding carboxylic acids is 1. The van der Waals surface area contributed by atoms with Crippen LogP contribution in [0.1, 0.15) is 12.8 Å². The molecule has 3 rings (SSSR count). The van der Waals surface area contributed by atoms with Crippen LogP contribution in [0.2, 0.25) is 0 Å². The second-order valence-corrected chi connectivity index (χ2v) is 5.67. The molecule has 0 unspecified atom stereocenters. The number of nitrogens with two attached hydrogens (primary N) is 1. The van der Waals surface area contributed by atoms with Crippen molar-refractivity contribution in [1.82, 2.24) is 9.78 Å². The van der Waals surface area contributed by atoms with E-state index in [2.05, 4.69) is 10.4 Å². The zero-order valence-electron chi connectivity index (χ0n) is 13.5. The molecule has 138 valence electrons. The van der Waals surface area contributed by atoms with Gasteiger partial charge in [0.1, 0.15) is 5.69 Å². The van der Waals surface area contributed by atoms with Crippen LogP contribution in [0.25, 0.3) is 5.69 Å². The van der Waals surface area contributed by atoms with E-state index >= 15 is 0 Å². The van der Waals surface area contributed by atoms with E-state index in [0.29, 0.717) is 37.4 Å². The number of aromatic nitrogens is 2. The molecule has 3 N–H and O–H groups in total. The van der Waals surface area contributed by atoms with Gasteiger partial charge in [0.15, 0.2) is 5.82 Å². The number of hydrogen-bond donors (Lipinski definition) is 2. The molecule has 0 bridgehead atoms. The highest BCUT2D eigenvalue weighted by atomic mass is 35.5. The zero-order valence-corrected chi connectivity index (χ0v) is 15.1. The third-order valence-corrected chi connectivity index (χ3v) is 4.28. The highest BCUT2D eigenvalue weighted by Gasteiger charge is 2.38. The van der Waals surface area contributed by atoms with Crippen LogP contribution in [-0.2, 0) is 9.53 Å². The number of rotatable bonds is 4. The zero-order chi connectivity index (χ0) is 16.3. The van der Waals surface area contributed by atoms with E-state index < -0.39 is 11.2 Å². The van der Waals surface area contributed by atoms with Gasteiger partial charge in [0.25, 0.3) is 0 Å². The molecule has 1 aromatic carbocycles. The summed E-state index contributed by atoms with van der Waals surface area (Å²) in [5, 5.41) is 6.77. The average molecular weight is 391 g/mol. The number of nitrogens with zero attached hydrogens (tertiary/aromatic N) is 2. The van der Waals surface area contributed by atoms with Gasteiger partial charge in [-0.05, 0) is 37.1 Å². The lowest BCUT2D eigenvalue weighted by Gasteiger charge is -2.34. The van der Waals surface area contributed by atoms with Crippen molar-refractivity contribution in [3.05, 3.63) is 42.5 Å². The summed E-state index contributed by atoms with van der Waals surface area (Å²) in [6.45, 7) is 1.27. The lowest BCUT2D eigenvalue weighted by atomic mass is 9.79. The van der Waals surface area contributed by atoms with Crippen LogP contribution in [-0.4, -0.2) is 35.4 Å². The average Bonchev–Trinajstić information content (AvgIpc) is 3.09. The molecule has 1 aliphatic heterocycles. The molecular weight excluding hydrogens is 370 g/mol. The SMILES string of the molecule is Cl.Cl.NCC1(C(=O)Nc2ccc(-n3cccn3)c(F)c2)CCOCC1. The summed E-state index contributed by atoms with van der Waals surface area (Å²) in [5.74, 6) is -0.644. The molecule has 0 saturated carbocycles. The summed E-state index contributed by atoms with van der Waals surface area (Å²) < 4.78 is 21.0.